The molecule has 0 atom stereocenters. The molecular weight excluding hydrogens is 772 g/mol. The number of anilines is 2. The summed E-state index contributed by atoms with van der Waals surface area (Å²) in [7, 11) is 11.3. The second-order valence-corrected chi connectivity index (χ2v) is 43.7. The van der Waals surface area contributed by atoms with Crippen molar-refractivity contribution in [2.24, 2.45) is 0 Å². The van der Waals surface area contributed by atoms with Crippen molar-refractivity contribution in [3.63, 3.8) is 0 Å². The third kappa shape index (κ3) is 7.08. The second kappa shape index (κ2) is 14.2. The fourth-order valence-corrected chi connectivity index (χ4v) is 6.27. The van der Waals surface area contributed by atoms with Gasteiger partial charge in [-0.05, 0) is 40.1 Å². The third-order valence-electron chi connectivity index (χ3n) is 8.40. The van der Waals surface area contributed by atoms with Crippen molar-refractivity contribution >= 4 is 66.3 Å². The molecule has 0 radical (unpaired) electrons. The van der Waals surface area contributed by atoms with E-state index in [1.54, 1.807) is 0 Å². The van der Waals surface area contributed by atoms with E-state index < -0.39 is 17.7 Å². The van der Waals surface area contributed by atoms with E-state index in [1.165, 1.54) is 71.5 Å². The van der Waals surface area contributed by atoms with Gasteiger partial charge in [0.2, 0.25) is 0 Å². The van der Waals surface area contributed by atoms with Gasteiger partial charge >= 0.3 is 53.4 Å². The number of hydrogen-bond acceptors (Lipinski definition) is 1. The van der Waals surface area contributed by atoms with Gasteiger partial charge in [-0.15, -0.1) is 69.1 Å². The predicted molar refractivity (Wildman–Crippen MR) is 198 cm³/mol. The molecule has 0 amide bonds. The minimum absolute atomic E-state index is 0.208. The summed E-state index contributed by atoms with van der Waals surface area (Å²) < 4.78 is 0. The second-order valence-electron chi connectivity index (χ2n) is 12.0. The molecule has 226 valence electrons. The average molecular weight is 809 g/mol. The molecule has 8 rings (SSSR count). The number of para-hydroxylation sites is 1. The van der Waals surface area contributed by atoms with Gasteiger partial charge in [-0.3, -0.25) is 0 Å². The van der Waals surface area contributed by atoms with Gasteiger partial charge in [-0.1, -0.05) is 92.2 Å². The fraction of sp³-hybridized carbons (Fsp3) is 0.150. The zero-order valence-electron chi connectivity index (χ0n) is 26.2. The van der Waals surface area contributed by atoms with Crippen LogP contribution in [0.15, 0.2) is 127 Å². The summed E-state index contributed by atoms with van der Waals surface area (Å²) in [6.07, 6.45) is 1.15. The van der Waals surface area contributed by atoms with Gasteiger partial charge in [-0.25, -0.2) is 0 Å². The van der Waals surface area contributed by atoms with Crippen LogP contribution in [0.3, 0.4) is 0 Å². The van der Waals surface area contributed by atoms with Crippen molar-refractivity contribution < 1.29 is 17.7 Å². The molecule has 0 unspecified atom stereocenters. The van der Waals surface area contributed by atoms with Crippen molar-refractivity contribution in [3.05, 3.63) is 144 Å². The Balaban J connectivity index is 0.000000135. The van der Waals surface area contributed by atoms with Gasteiger partial charge in [0, 0.05) is 12.2 Å². The van der Waals surface area contributed by atoms with Crippen molar-refractivity contribution in [2.45, 2.75) is 33.4 Å². The quantitative estimate of drug-likeness (QED) is 0.124. The SMILES string of the molecule is C[Si](C)=[Hf]([Cl])[Cl].Cc1cc2c(-c3cccc4ccccc34)cccc2[cH-]1.Cc1cc2c(N3CCc4ccccc43)cccc2[cH-]1. The molecule has 7 aromatic carbocycles. The van der Waals surface area contributed by atoms with Crippen LogP contribution < -0.4 is 4.90 Å². The van der Waals surface area contributed by atoms with Crippen LogP contribution in [0.5, 0.6) is 0 Å². The Bertz CT molecular complexity index is 2130. The molecule has 5 heteroatoms. The molecule has 7 aromatic rings. The molecule has 1 nitrogen and oxygen atoms in total. The monoisotopic (exact) mass is 809 g/mol. The molecule has 1 aliphatic heterocycles. The van der Waals surface area contributed by atoms with Gasteiger partial charge in [0.05, 0.1) is 0 Å². The van der Waals surface area contributed by atoms with E-state index in [2.05, 4.69) is 159 Å². The number of halogens is 2. The van der Waals surface area contributed by atoms with Gasteiger partial charge in [-0.2, -0.15) is 12.1 Å². The van der Waals surface area contributed by atoms with Crippen molar-refractivity contribution in [1.29, 1.82) is 0 Å². The molecule has 45 heavy (non-hydrogen) atoms. The normalized spacial score (nSPS) is 12.0. The first-order valence-electron chi connectivity index (χ1n) is 15.4. The Morgan fingerprint density at radius 2 is 1.16 bits per heavy atom. The molecule has 0 aromatic heterocycles. The maximum atomic E-state index is 5.64. The first-order valence-corrected chi connectivity index (χ1v) is 32.2. The Hall–Kier alpha value is -2.95. The standard InChI is InChI=1S/C20H15.C18H16N.C2H6Si.2ClH.Hf/c1-14-12-16-8-5-11-19(20(16)13-14)18-10-4-7-15-6-2-3-9-17(15)18;1-13-11-15-6-4-8-18(16(15)12-13)19-10-9-14-5-2-3-7-17(14)19;1-3-2;;;/h2-13H,1H3;2-8,11-12H,9-10H2,1H3;1-2H3;2*1H;/q2*-1;;;;+2/p-2. The minimum Gasteiger partial charge on any atom is -0.349 e. The van der Waals surface area contributed by atoms with Crippen LogP contribution in [-0.4, -0.2) is 12.0 Å². The molecule has 1 heterocycles. The van der Waals surface area contributed by atoms with E-state index >= 15 is 0 Å². The summed E-state index contributed by atoms with van der Waals surface area (Å²) in [6, 6.07) is 46.2. The smallest absolute Gasteiger partial charge is 0.0437 e. The van der Waals surface area contributed by atoms with E-state index in [0.717, 1.165) is 13.0 Å². The van der Waals surface area contributed by atoms with E-state index in [1.807, 2.05) is 0 Å². The minimum atomic E-state index is -1.78. The molecule has 0 fully saturated rings. The summed E-state index contributed by atoms with van der Waals surface area (Å²) in [6.45, 7) is 9.76. The molecule has 0 bridgehead atoms. The van der Waals surface area contributed by atoms with Crippen molar-refractivity contribution in [1.82, 2.24) is 0 Å². The molecular formula is C40H37Cl2HfNSi-2. The first kappa shape index (κ1) is 32.0. The van der Waals surface area contributed by atoms with Crippen LogP contribution in [0.25, 0.3) is 43.4 Å². The number of hydrogen-bond donors (Lipinski definition) is 0. The zero-order chi connectivity index (χ0) is 31.5. The Morgan fingerprint density at radius 1 is 0.622 bits per heavy atom. The van der Waals surface area contributed by atoms with Crippen LogP contribution in [0.4, 0.5) is 11.4 Å². The number of aryl methyl sites for hydroxylation is 2. The molecule has 0 saturated carbocycles. The van der Waals surface area contributed by atoms with Crippen LogP contribution in [-0.2, 0) is 24.1 Å². The molecule has 1 aliphatic rings. The van der Waals surface area contributed by atoms with E-state index in [0.29, 0.717) is 0 Å². The van der Waals surface area contributed by atoms with Crippen LogP contribution in [0.1, 0.15) is 16.7 Å². The van der Waals surface area contributed by atoms with Gasteiger partial charge in [0.25, 0.3) is 0 Å². The summed E-state index contributed by atoms with van der Waals surface area (Å²) in [4.78, 5) is 2.46. The van der Waals surface area contributed by atoms with Gasteiger partial charge < -0.3 is 4.90 Å². The molecule has 0 N–H and O–H groups in total. The Morgan fingerprint density at radius 3 is 1.89 bits per heavy atom. The number of rotatable bonds is 2. The van der Waals surface area contributed by atoms with Gasteiger partial charge in [0.1, 0.15) is 0 Å². The van der Waals surface area contributed by atoms with Crippen LogP contribution in [0.2, 0.25) is 13.1 Å². The largest absolute Gasteiger partial charge is 0.349 e. The Kier molecular flexibility index (Phi) is 10.1. The van der Waals surface area contributed by atoms with Crippen LogP contribution in [0, 0.1) is 13.8 Å². The maximum Gasteiger partial charge on any atom is 0.0437 e. The summed E-state index contributed by atoms with van der Waals surface area (Å²) >= 11 is -1.78. The summed E-state index contributed by atoms with van der Waals surface area (Å²) in [5, 5.41) is 8.01. The maximum absolute atomic E-state index is 5.64. The topological polar surface area (TPSA) is 3.24 Å². The van der Waals surface area contributed by atoms with E-state index in [9.17, 15) is 0 Å². The summed E-state index contributed by atoms with van der Waals surface area (Å²) in [5.74, 6) is 0. The fourth-order valence-electron chi connectivity index (χ4n) is 6.27. The van der Waals surface area contributed by atoms with E-state index in [-0.39, 0.29) is 5.49 Å². The van der Waals surface area contributed by atoms with Gasteiger partial charge in [0.15, 0.2) is 0 Å². The van der Waals surface area contributed by atoms with Crippen molar-refractivity contribution in [2.75, 3.05) is 11.4 Å². The molecule has 0 aliphatic carbocycles. The average Bonchev–Trinajstić information content (AvgIpc) is 3.76. The summed E-state index contributed by atoms with van der Waals surface area (Å²) in [5.41, 5.74) is 9.28. The number of nitrogens with zero attached hydrogens (tertiary/aromatic N) is 1. The zero-order valence-corrected chi connectivity index (χ0v) is 32.3. The van der Waals surface area contributed by atoms with Crippen molar-refractivity contribution in [3.8, 4) is 11.1 Å². The predicted octanol–water partition coefficient (Wildman–Crippen LogP) is 12.4. The number of benzene rings is 5. The molecule has 0 spiro atoms. The third-order valence-corrected chi connectivity index (χ3v) is 35.9. The van der Waals surface area contributed by atoms with Crippen LogP contribution >= 0.6 is 17.2 Å². The first-order chi connectivity index (χ1) is 21.8. The Labute approximate surface area is 282 Å². The molecule has 0 saturated heterocycles. The number of fused-ring (bicyclic) bond motifs is 4. The van der Waals surface area contributed by atoms with E-state index in [4.69, 9.17) is 17.2 Å².